The minimum atomic E-state index is -4.52. The highest BCUT2D eigenvalue weighted by molar-refractivity contribution is 5.93. The standard InChI is InChI=1S/C20H23F3N6O2/c1-11-13(12(2)28(4)25-11)10-27(3)19(30)15-9-18-24-14(16-6-5-7-31-16)8-17(20(21,22)23)29(18)26-15/h5-7,9,14,17,24H,8,10H2,1-4H3/t14-,17-/m1/s1. The molecule has 0 bridgehead atoms. The molecule has 3 aromatic heterocycles. The third-order valence-corrected chi connectivity index (χ3v) is 5.70. The van der Waals surface area contributed by atoms with Crippen molar-refractivity contribution in [1.82, 2.24) is 24.5 Å². The van der Waals surface area contributed by atoms with Crippen LogP contribution in [-0.4, -0.2) is 43.6 Å². The van der Waals surface area contributed by atoms with Gasteiger partial charge >= 0.3 is 6.18 Å². The van der Waals surface area contributed by atoms with Gasteiger partial charge in [0.05, 0.1) is 18.0 Å². The molecule has 0 fully saturated rings. The second-order valence-corrected chi connectivity index (χ2v) is 7.80. The van der Waals surface area contributed by atoms with Crippen LogP contribution >= 0.6 is 0 Å². The summed E-state index contributed by atoms with van der Waals surface area (Å²) in [6, 6.07) is 2.06. The van der Waals surface area contributed by atoms with E-state index in [4.69, 9.17) is 4.42 Å². The Bertz CT molecular complexity index is 1100. The highest BCUT2D eigenvalue weighted by atomic mass is 19.4. The van der Waals surface area contributed by atoms with Gasteiger partial charge in [0.15, 0.2) is 11.7 Å². The molecule has 3 aromatic rings. The van der Waals surface area contributed by atoms with Gasteiger partial charge in [0.2, 0.25) is 0 Å². The van der Waals surface area contributed by atoms with Crippen LogP contribution in [0.15, 0.2) is 28.9 Å². The number of furan rings is 1. The van der Waals surface area contributed by atoms with E-state index in [9.17, 15) is 18.0 Å². The van der Waals surface area contributed by atoms with Crippen LogP contribution < -0.4 is 5.32 Å². The zero-order chi connectivity index (χ0) is 22.5. The first-order valence-corrected chi connectivity index (χ1v) is 9.77. The van der Waals surface area contributed by atoms with Gasteiger partial charge in [0, 0.05) is 44.4 Å². The van der Waals surface area contributed by atoms with Crippen LogP contribution in [0.25, 0.3) is 0 Å². The zero-order valence-corrected chi connectivity index (χ0v) is 17.6. The molecular formula is C20H23F3N6O2. The number of aromatic nitrogens is 4. The summed E-state index contributed by atoms with van der Waals surface area (Å²) >= 11 is 0. The maximum atomic E-state index is 13.8. The van der Waals surface area contributed by atoms with Crippen molar-refractivity contribution in [2.24, 2.45) is 7.05 Å². The third-order valence-electron chi connectivity index (χ3n) is 5.70. The Hall–Kier alpha value is -3.24. The molecule has 1 amide bonds. The van der Waals surface area contributed by atoms with Gasteiger partial charge in [-0.3, -0.25) is 9.48 Å². The SMILES string of the molecule is Cc1nn(C)c(C)c1CN(C)C(=O)c1cc2n(n1)[C@@H](C(F)(F)F)C[C@H](c1ccco1)N2. The fraction of sp³-hybridized carbons (Fsp3) is 0.450. The Labute approximate surface area is 176 Å². The lowest BCUT2D eigenvalue weighted by molar-refractivity contribution is -0.174. The topological polar surface area (TPSA) is 81.1 Å². The lowest BCUT2D eigenvalue weighted by Crippen LogP contribution is -2.35. The van der Waals surface area contributed by atoms with E-state index in [0.29, 0.717) is 5.76 Å². The number of alkyl halides is 3. The molecule has 0 radical (unpaired) electrons. The van der Waals surface area contributed by atoms with Gasteiger partial charge < -0.3 is 14.6 Å². The Morgan fingerprint density at radius 3 is 2.68 bits per heavy atom. The Morgan fingerprint density at radius 1 is 1.35 bits per heavy atom. The quantitative estimate of drug-likeness (QED) is 0.674. The van der Waals surface area contributed by atoms with Gasteiger partial charge in [-0.15, -0.1) is 0 Å². The Balaban J connectivity index is 1.62. The van der Waals surface area contributed by atoms with Gasteiger partial charge in [0.25, 0.3) is 5.91 Å². The van der Waals surface area contributed by atoms with E-state index in [1.54, 1.807) is 23.9 Å². The summed E-state index contributed by atoms with van der Waals surface area (Å²) in [5, 5.41) is 11.4. The maximum Gasteiger partial charge on any atom is 0.410 e. The summed E-state index contributed by atoms with van der Waals surface area (Å²) in [5.41, 5.74) is 2.55. The van der Waals surface area contributed by atoms with Crippen molar-refractivity contribution in [3.8, 4) is 0 Å². The summed E-state index contributed by atoms with van der Waals surface area (Å²) in [6.07, 6.45) is -3.40. The van der Waals surface area contributed by atoms with E-state index in [0.717, 1.165) is 21.6 Å². The number of carbonyl (C=O) groups is 1. The second-order valence-electron chi connectivity index (χ2n) is 7.80. The van der Waals surface area contributed by atoms with Crippen LogP contribution in [0.2, 0.25) is 0 Å². The predicted molar refractivity (Wildman–Crippen MR) is 105 cm³/mol. The largest absolute Gasteiger partial charge is 0.467 e. The van der Waals surface area contributed by atoms with Crippen molar-refractivity contribution < 1.29 is 22.4 Å². The predicted octanol–water partition coefficient (Wildman–Crippen LogP) is 3.76. The molecule has 8 nitrogen and oxygen atoms in total. The van der Waals surface area contributed by atoms with Gasteiger partial charge in [0.1, 0.15) is 11.6 Å². The number of carbonyl (C=O) groups excluding carboxylic acids is 1. The van der Waals surface area contributed by atoms with Crippen LogP contribution in [0.5, 0.6) is 0 Å². The minimum Gasteiger partial charge on any atom is -0.467 e. The van der Waals surface area contributed by atoms with E-state index in [-0.39, 0.29) is 24.5 Å². The van der Waals surface area contributed by atoms with E-state index in [2.05, 4.69) is 15.5 Å². The highest BCUT2D eigenvalue weighted by Crippen LogP contribution is 2.43. The number of amides is 1. The van der Waals surface area contributed by atoms with E-state index >= 15 is 0 Å². The lowest BCUT2D eigenvalue weighted by atomic mass is 10.0. The average molecular weight is 436 g/mol. The normalized spacial score (nSPS) is 18.5. The fourth-order valence-electron chi connectivity index (χ4n) is 3.90. The summed E-state index contributed by atoms with van der Waals surface area (Å²) in [6.45, 7) is 4.02. The first-order chi connectivity index (χ1) is 14.6. The molecule has 0 saturated carbocycles. The molecule has 0 saturated heterocycles. The van der Waals surface area contributed by atoms with Crippen LogP contribution in [0.1, 0.15) is 51.7 Å². The number of hydrogen-bond donors (Lipinski definition) is 1. The monoisotopic (exact) mass is 436 g/mol. The van der Waals surface area contributed by atoms with Gasteiger partial charge in [-0.2, -0.15) is 23.4 Å². The molecule has 0 spiro atoms. The molecule has 0 aliphatic carbocycles. The van der Waals surface area contributed by atoms with Crippen LogP contribution in [0.4, 0.5) is 19.0 Å². The van der Waals surface area contributed by atoms with Crippen LogP contribution in [0.3, 0.4) is 0 Å². The second kappa shape index (κ2) is 7.47. The van der Waals surface area contributed by atoms with E-state index in [1.807, 2.05) is 20.9 Å². The van der Waals surface area contributed by atoms with Gasteiger partial charge in [-0.1, -0.05) is 0 Å². The smallest absolute Gasteiger partial charge is 0.410 e. The molecule has 166 valence electrons. The summed E-state index contributed by atoms with van der Waals surface area (Å²) in [7, 11) is 3.41. The number of rotatable bonds is 4. The van der Waals surface area contributed by atoms with E-state index < -0.39 is 24.2 Å². The molecule has 1 aliphatic rings. The van der Waals surface area contributed by atoms with Crippen molar-refractivity contribution in [1.29, 1.82) is 0 Å². The Morgan fingerprint density at radius 2 is 2.10 bits per heavy atom. The number of nitrogens with one attached hydrogen (secondary N) is 1. The first-order valence-electron chi connectivity index (χ1n) is 9.77. The molecule has 4 rings (SSSR count). The molecule has 4 heterocycles. The van der Waals surface area contributed by atoms with Crippen LogP contribution in [0, 0.1) is 13.8 Å². The minimum absolute atomic E-state index is 0.0569. The summed E-state index contributed by atoms with van der Waals surface area (Å²) < 4.78 is 49.1. The molecule has 2 atom stereocenters. The number of halogens is 3. The number of anilines is 1. The number of hydrogen-bond acceptors (Lipinski definition) is 5. The molecule has 1 aliphatic heterocycles. The molecule has 11 heteroatoms. The fourth-order valence-corrected chi connectivity index (χ4v) is 3.90. The summed E-state index contributed by atoms with van der Waals surface area (Å²) in [4.78, 5) is 14.4. The Kier molecular flexibility index (Phi) is 5.06. The molecule has 1 N–H and O–H groups in total. The van der Waals surface area contributed by atoms with Crippen molar-refractivity contribution in [2.75, 3.05) is 12.4 Å². The van der Waals surface area contributed by atoms with Crippen LogP contribution in [-0.2, 0) is 13.6 Å². The third kappa shape index (κ3) is 3.79. The van der Waals surface area contributed by atoms with Crippen molar-refractivity contribution in [3.63, 3.8) is 0 Å². The number of nitrogens with zero attached hydrogens (tertiary/aromatic N) is 5. The zero-order valence-electron chi connectivity index (χ0n) is 17.6. The highest BCUT2D eigenvalue weighted by Gasteiger charge is 2.47. The van der Waals surface area contributed by atoms with Gasteiger partial charge in [-0.25, -0.2) is 4.68 Å². The van der Waals surface area contributed by atoms with Crippen molar-refractivity contribution in [3.05, 3.63) is 52.9 Å². The molecule has 0 aromatic carbocycles. The molecule has 0 unspecified atom stereocenters. The lowest BCUT2D eigenvalue weighted by Gasteiger charge is -2.32. The van der Waals surface area contributed by atoms with E-state index in [1.165, 1.54) is 17.2 Å². The first kappa shape index (κ1) is 21.0. The molecule has 31 heavy (non-hydrogen) atoms. The van der Waals surface area contributed by atoms with Crippen molar-refractivity contribution >= 4 is 11.7 Å². The summed E-state index contributed by atoms with van der Waals surface area (Å²) in [5.74, 6) is 0.0523. The van der Waals surface area contributed by atoms with Gasteiger partial charge in [-0.05, 0) is 26.0 Å². The average Bonchev–Trinajstić information content (AvgIpc) is 3.42. The number of aryl methyl sites for hydroxylation is 2. The molecular weight excluding hydrogens is 413 g/mol. The number of fused-ring (bicyclic) bond motifs is 1. The van der Waals surface area contributed by atoms with Crippen molar-refractivity contribution in [2.45, 2.75) is 45.1 Å². The maximum absolute atomic E-state index is 13.8.